The second kappa shape index (κ2) is 10.5. The van der Waals surface area contributed by atoms with Crippen molar-refractivity contribution in [2.24, 2.45) is 5.73 Å². The Hall–Kier alpha value is -2.78. The number of nitrogens with two attached hydrogens (primary N) is 1. The Morgan fingerprint density at radius 1 is 1.09 bits per heavy atom. The average molecular weight is 479 g/mol. The van der Waals surface area contributed by atoms with E-state index in [4.69, 9.17) is 30.4 Å². The van der Waals surface area contributed by atoms with Crippen molar-refractivity contribution in [1.29, 1.82) is 0 Å². The molecule has 9 heteroatoms. The third-order valence-electron chi connectivity index (χ3n) is 7.52. The zero-order valence-electron chi connectivity index (χ0n) is 21.2. The lowest BCUT2D eigenvalue weighted by molar-refractivity contribution is 0.0817. The second-order valence-electron chi connectivity index (χ2n) is 10.2. The van der Waals surface area contributed by atoms with E-state index in [1.54, 1.807) is 7.11 Å². The number of hydrogen-bond acceptors (Lipinski definition) is 8. The van der Waals surface area contributed by atoms with Crippen molar-refractivity contribution in [1.82, 2.24) is 24.5 Å². The van der Waals surface area contributed by atoms with Crippen LogP contribution in [-0.2, 0) is 11.3 Å². The summed E-state index contributed by atoms with van der Waals surface area (Å²) in [6, 6.07) is 4.72. The van der Waals surface area contributed by atoms with Gasteiger partial charge in [-0.2, -0.15) is 0 Å². The molecule has 0 amide bonds. The van der Waals surface area contributed by atoms with Gasteiger partial charge in [-0.3, -0.25) is 0 Å². The van der Waals surface area contributed by atoms with Gasteiger partial charge in [0.15, 0.2) is 11.5 Å². The molecule has 2 fully saturated rings. The van der Waals surface area contributed by atoms with Crippen molar-refractivity contribution >= 4 is 22.8 Å². The molecule has 4 heterocycles. The van der Waals surface area contributed by atoms with Crippen LogP contribution in [0.25, 0.3) is 11.2 Å². The summed E-state index contributed by atoms with van der Waals surface area (Å²) in [7, 11) is 1.80. The predicted molar refractivity (Wildman–Crippen MR) is 139 cm³/mol. The normalized spacial score (nSPS) is 21.7. The number of anilines is 2. The molecule has 3 aromatic rings. The molecule has 0 atom stereocenters. The molecule has 5 rings (SSSR count). The molecule has 0 unspecified atom stereocenters. The van der Waals surface area contributed by atoms with Crippen molar-refractivity contribution in [2.75, 3.05) is 30.4 Å². The topological polar surface area (TPSA) is 107 Å². The van der Waals surface area contributed by atoms with Crippen LogP contribution in [0.3, 0.4) is 0 Å². The highest BCUT2D eigenvalue weighted by Gasteiger charge is 2.25. The number of ether oxygens (including phenoxy) is 1. The van der Waals surface area contributed by atoms with E-state index >= 15 is 0 Å². The highest BCUT2D eigenvalue weighted by molar-refractivity contribution is 5.83. The molecule has 1 saturated carbocycles. The minimum Gasteiger partial charge on any atom is -0.381 e. The average Bonchev–Trinajstić information content (AvgIpc) is 3.32. The Bertz CT molecular complexity index is 1130. The fourth-order valence-corrected chi connectivity index (χ4v) is 5.33. The van der Waals surface area contributed by atoms with Crippen LogP contribution in [0.15, 0.2) is 24.7 Å². The van der Waals surface area contributed by atoms with Crippen molar-refractivity contribution in [3.63, 3.8) is 0 Å². The number of imidazole rings is 1. The molecule has 0 radical (unpaired) electrons. The number of nitrogens with zero attached hydrogens (tertiary/aromatic N) is 6. The largest absolute Gasteiger partial charge is 0.381 e. The van der Waals surface area contributed by atoms with Gasteiger partial charge in [-0.25, -0.2) is 19.9 Å². The van der Waals surface area contributed by atoms with E-state index in [1.165, 1.54) is 0 Å². The lowest BCUT2D eigenvalue weighted by Crippen LogP contribution is -2.37. The molecular weight excluding hydrogens is 440 g/mol. The summed E-state index contributed by atoms with van der Waals surface area (Å²) in [5.74, 6) is 3.08. The maximum Gasteiger partial charge on any atom is 0.166 e. The number of piperidine rings is 1. The summed E-state index contributed by atoms with van der Waals surface area (Å²) in [5.41, 5.74) is 9.04. The predicted octanol–water partition coefficient (Wildman–Crippen LogP) is 4.01. The lowest BCUT2D eigenvalue weighted by Gasteiger charge is -2.33. The van der Waals surface area contributed by atoms with Crippen LogP contribution in [0.2, 0.25) is 0 Å². The van der Waals surface area contributed by atoms with E-state index in [9.17, 15) is 0 Å². The van der Waals surface area contributed by atoms with E-state index in [2.05, 4.69) is 34.7 Å². The molecule has 188 valence electrons. The van der Waals surface area contributed by atoms with Crippen molar-refractivity contribution in [3.05, 3.63) is 36.0 Å². The smallest absolute Gasteiger partial charge is 0.166 e. The van der Waals surface area contributed by atoms with Crippen LogP contribution in [0.1, 0.15) is 75.7 Å². The Morgan fingerprint density at radius 3 is 2.57 bits per heavy atom. The van der Waals surface area contributed by atoms with E-state index in [0.29, 0.717) is 24.6 Å². The summed E-state index contributed by atoms with van der Waals surface area (Å²) < 4.78 is 7.68. The van der Waals surface area contributed by atoms with Gasteiger partial charge in [-0.05, 0) is 58.4 Å². The molecule has 3 aromatic heterocycles. The number of pyridine rings is 1. The fourth-order valence-electron chi connectivity index (χ4n) is 5.33. The van der Waals surface area contributed by atoms with Gasteiger partial charge >= 0.3 is 0 Å². The molecular formula is C26H38N8O. The third kappa shape index (κ3) is 5.11. The minimum absolute atomic E-state index is 0.273. The number of rotatable bonds is 7. The molecule has 1 aliphatic carbocycles. The Kier molecular flexibility index (Phi) is 7.15. The number of methoxy groups -OCH3 is 1. The second-order valence-corrected chi connectivity index (χ2v) is 10.2. The van der Waals surface area contributed by atoms with E-state index in [1.807, 2.05) is 18.6 Å². The zero-order valence-corrected chi connectivity index (χ0v) is 21.2. The highest BCUT2D eigenvalue weighted by Crippen LogP contribution is 2.33. The summed E-state index contributed by atoms with van der Waals surface area (Å²) in [4.78, 5) is 21.8. The van der Waals surface area contributed by atoms with Gasteiger partial charge in [0, 0.05) is 56.5 Å². The maximum atomic E-state index is 6.16. The van der Waals surface area contributed by atoms with E-state index in [-0.39, 0.29) is 6.04 Å². The Morgan fingerprint density at radius 2 is 1.86 bits per heavy atom. The Balaban J connectivity index is 1.42. The molecule has 3 N–H and O–H groups in total. The minimum atomic E-state index is 0.273. The van der Waals surface area contributed by atoms with Gasteiger partial charge in [-0.15, -0.1) is 0 Å². The first-order valence-corrected chi connectivity index (χ1v) is 13.0. The maximum absolute atomic E-state index is 6.16. The number of aromatic nitrogens is 5. The van der Waals surface area contributed by atoms with Crippen LogP contribution >= 0.6 is 0 Å². The van der Waals surface area contributed by atoms with Crippen LogP contribution in [0.5, 0.6) is 0 Å². The van der Waals surface area contributed by atoms with Crippen molar-refractivity contribution < 1.29 is 4.74 Å². The van der Waals surface area contributed by atoms with Crippen LogP contribution in [0.4, 0.5) is 11.6 Å². The SMILES string of the molecule is COC1CCN(c2ncccc2CNc2nc(C3CCC(N)CC3)nc3c2ncn3C(C)C)CC1. The van der Waals surface area contributed by atoms with Crippen LogP contribution in [-0.4, -0.2) is 56.8 Å². The quantitative estimate of drug-likeness (QED) is 0.524. The van der Waals surface area contributed by atoms with Gasteiger partial charge in [-0.1, -0.05) is 6.07 Å². The summed E-state index contributed by atoms with van der Waals surface area (Å²) in [6.07, 6.45) is 10.3. The number of fused-ring (bicyclic) bond motifs is 1. The molecule has 0 aromatic carbocycles. The number of hydrogen-bond donors (Lipinski definition) is 2. The fraction of sp³-hybridized carbons (Fsp3) is 0.615. The Labute approximate surface area is 207 Å². The summed E-state index contributed by atoms with van der Waals surface area (Å²) in [5, 5.41) is 3.60. The summed E-state index contributed by atoms with van der Waals surface area (Å²) >= 11 is 0. The molecule has 35 heavy (non-hydrogen) atoms. The van der Waals surface area contributed by atoms with Crippen LogP contribution in [0, 0.1) is 0 Å². The number of nitrogens with one attached hydrogen (secondary N) is 1. The first-order valence-electron chi connectivity index (χ1n) is 13.0. The third-order valence-corrected chi connectivity index (χ3v) is 7.52. The lowest BCUT2D eigenvalue weighted by atomic mass is 9.86. The highest BCUT2D eigenvalue weighted by atomic mass is 16.5. The molecule has 0 bridgehead atoms. The molecule has 2 aliphatic rings. The molecule has 0 spiro atoms. The van der Waals surface area contributed by atoms with Gasteiger partial charge in [0.05, 0.1) is 12.4 Å². The first kappa shape index (κ1) is 23.9. The summed E-state index contributed by atoms with van der Waals surface area (Å²) in [6.45, 7) is 6.84. The first-order chi connectivity index (χ1) is 17.0. The van der Waals surface area contributed by atoms with Gasteiger partial charge in [0.25, 0.3) is 0 Å². The van der Waals surface area contributed by atoms with Gasteiger partial charge < -0.3 is 25.3 Å². The zero-order chi connectivity index (χ0) is 24.4. The van der Waals surface area contributed by atoms with Gasteiger partial charge in [0.2, 0.25) is 0 Å². The van der Waals surface area contributed by atoms with Crippen molar-refractivity contribution in [3.8, 4) is 0 Å². The molecule has 1 aliphatic heterocycles. The monoisotopic (exact) mass is 478 g/mol. The molecule has 1 saturated heterocycles. The van der Waals surface area contributed by atoms with Gasteiger partial charge in [0.1, 0.15) is 17.2 Å². The van der Waals surface area contributed by atoms with Crippen molar-refractivity contribution in [2.45, 2.75) is 83.0 Å². The standard InChI is InChI=1S/C26H38N8O/c1-17(2)34-16-30-22-24(31-23(32-26(22)34)18-6-8-20(27)9-7-18)29-15-19-5-4-12-28-25(19)33-13-10-21(35-3)11-14-33/h4-5,12,16-18,20-21H,6-11,13-15,27H2,1-3H3,(H,29,31,32). The van der Waals surface area contributed by atoms with Crippen LogP contribution < -0.4 is 16.0 Å². The van der Waals surface area contributed by atoms with E-state index in [0.717, 1.165) is 85.8 Å². The molecule has 9 nitrogen and oxygen atoms in total. The van der Waals surface area contributed by atoms with E-state index < -0.39 is 0 Å².